The lowest BCUT2D eigenvalue weighted by atomic mass is 10.1. The average Bonchev–Trinajstić information content (AvgIpc) is 3.55. The maximum Gasteiger partial charge on any atom is 0.111 e. The van der Waals surface area contributed by atoms with Crippen LogP contribution >= 0.6 is 11.3 Å². The summed E-state index contributed by atoms with van der Waals surface area (Å²) in [7, 11) is 3.76. The first kappa shape index (κ1) is 26.8. The number of aryl methyl sites for hydroxylation is 1. The Morgan fingerprint density at radius 3 is 2.81 bits per heavy atom. The van der Waals surface area contributed by atoms with Gasteiger partial charge in [-0.3, -0.25) is 19.3 Å². The van der Waals surface area contributed by atoms with Crippen molar-refractivity contribution in [2.45, 2.75) is 33.4 Å². The summed E-state index contributed by atoms with van der Waals surface area (Å²) in [6.45, 7) is 14.0. The third-order valence-corrected chi connectivity index (χ3v) is 6.51. The highest BCUT2D eigenvalue weighted by Gasteiger charge is 2.18. The Hall–Kier alpha value is -3.81. The molecule has 10 heteroatoms. The summed E-state index contributed by atoms with van der Waals surface area (Å²) in [6.07, 6.45) is 9.55. The van der Waals surface area contributed by atoms with E-state index < -0.39 is 0 Å². The van der Waals surface area contributed by atoms with Crippen molar-refractivity contribution < 1.29 is 0 Å². The number of nitrogens with zero attached hydrogens (tertiary/aromatic N) is 7. The van der Waals surface area contributed by atoms with E-state index >= 15 is 0 Å². The molecule has 0 unspecified atom stereocenters. The summed E-state index contributed by atoms with van der Waals surface area (Å²) >= 11 is 1.56. The number of nitrogens with one attached hydrogen (secondary N) is 2. The molecule has 0 atom stereocenters. The van der Waals surface area contributed by atoms with Crippen molar-refractivity contribution in [2.24, 2.45) is 23.0 Å². The van der Waals surface area contributed by atoms with Crippen molar-refractivity contribution in [3.8, 4) is 6.07 Å². The molecule has 0 fully saturated rings. The fourth-order valence-corrected chi connectivity index (χ4v) is 4.98. The van der Waals surface area contributed by atoms with Crippen LogP contribution in [0.3, 0.4) is 0 Å². The molecule has 0 aromatic carbocycles. The first-order valence-electron chi connectivity index (χ1n) is 11.7. The van der Waals surface area contributed by atoms with Crippen LogP contribution in [-0.2, 0) is 26.6 Å². The fraction of sp³-hybridized carbons (Fsp3) is 0.346. The number of aromatic nitrogens is 4. The Balaban J connectivity index is 1.78. The molecule has 0 radical (unpaired) electrons. The zero-order valence-corrected chi connectivity index (χ0v) is 22.1. The Bertz CT molecular complexity index is 1300. The maximum atomic E-state index is 9.98. The van der Waals surface area contributed by atoms with E-state index in [-0.39, 0.29) is 0 Å². The third kappa shape index (κ3) is 6.65. The predicted octanol–water partition coefficient (Wildman–Crippen LogP) is 4.36. The van der Waals surface area contributed by atoms with Gasteiger partial charge >= 0.3 is 0 Å². The smallest absolute Gasteiger partial charge is 0.111 e. The predicted molar refractivity (Wildman–Crippen MR) is 149 cm³/mol. The average molecular weight is 504 g/mol. The number of hydrogen-bond donors (Lipinski definition) is 2. The molecule has 0 bridgehead atoms. The zero-order valence-electron chi connectivity index (χ0n) is 21.3. The van der Waals surface area contributed by atoms with Crippen LogP contribution in [0.5, 0.6) is 0 Å². The molecule has 0 aliphatic rings. The van der Waals surface area contributed by atoms with Crippen LogP contribution in [0.1, 0.15) is 41.1 Å². The highest BCUT2D eigenvalue weighted by atomic mass is 32.1. The van der Waals surface area contributed by atoms with Crippen molar-refractivity contribution in [2.75, 3.05) is 18.9 Å². The van der Waals surface area contributed by atoms with Crippen LogP contribution in [0.25, 0.3) is 11.3 Å². The van der Waals surface area contributed by atoms with E-state index in [1.54, 1.807) is 34.6 Å². The largest absolute Gasteiger partial charge is 0.346 e. The summed E-state index contributed by atoms with van der Waals surface area (Å²) in [5, 5.41) is 25.9. The lowest BCUT2D eigenvalue weighted by Gasteiger charge is -2.10. The Labute approximate surface area is 216 Å². The summed E-state index contributed by atoms with van der Waals surface area (Å²) < 4.78 is 3.68. The van der Waals surface area contributed by atoms with E-state index in [9.17, 15) is 5.26 Å². The maximum absolute atomic E-state index is 9.98. The first-order chi connectivity index (χ1) is 17.4. The van der Waals surface area contributed by atoms with Crippen LogP contribution in [0.2, 0.25) is 0 Å². The van der Waals surface area contributed by atoms with Crippen molar-refractivity contribution in [1.29, 1.82) is 5.26 Å². The molecule has 3 aromatic rings. The Morgan fingerprint density at radius 2 is 2.17 bits per heavy atom. The van der Waals surface area contributed by atoms with Gasteiger partial charge in [0.1, 0.15) is 11.1 Å². The number of allylic oxidation sites excluding steroid dienone is 1. The monoisotopic (exact) mass is 503 g/mol. The van der Waals surface area contributed by atoms with Crippen molar-refractivity contribution >= 4 is 40.5 Å². The Morgan fingerprint density at radius 1 is 1.36 bits per heavy atom. The van der Waals surface area contributed by atoms with Crippen molar-refractivity contribution in [3.63, 3.8) is 0 Å². The zero-order chi connectivity index (χ0) is 26.1. The van der Waals surface area contributed by atoms with Gasteiger partial charge in [-0.2, -0.15) is 15.5 Å². The van der Waals surface area contributed by atoms with E-state index in [1.807, 2.05) is 37.3 Å². The molecule has 36 heavy (non-hydrogen) atoms. The minimum absolute atomic E-state index is 0.462. The highest BCUT2D eigenvalue weighted by molar-refractivity contribution is 7.16. The number of thiophene rings is 1. The highest BCUT2D eigenvalue weighted by Crippen LogP contribution is 2.35. The fourth-order valence-electron chi connectivity index (χ4n) is 3.75. The van der Waals surface area contributed by atoms with Gasteiger partial charge in [-0.15, -0.1) is 11.3 Å². The minimum Gasteiger partial charge on any atom is -0.346 e. The van der Waals surface area contributed by atoms with Gasteiger partial charge in [-0.25, -0.2) is 0 Å². The van der Waals surface area contributed by atoms with Gasteiger partial charge in [-0.1, -0.05) is 20.4 Å². The number of hydrogen-bond acceptors (Lipinski definition) is 8. The second kappa shape index (κ2) is 12.8. The number of nitriles is 1. The van der Waals surface area contributed by atoms with Gasteiger partial charge in [0.05, 0.1) is 17.5 Å². The Kier molecular flexibility index (Phi) is 9.50. The molecule has 3 aromatic heterocycles. The first-order valence-corrected chi connectivity index (χ1v) is 12.5. The normalized spacial score (nSPS) is 11.8. The van der Waals surface area contributed by atoms with Crippen LogP contribution in [0.4, 0.5) is 5.00 Å². The topological polar surface area (TPSA) is 108 Å². The molecule has 3 rings (SSSR count). The summed E-state index contributed by atoms with van der Waals surface area (Å²) in [5.41, 5.74) is 5.00. The van der Waals surface area contributed by atoms with E-state index in [1.165, 1.54) is 0 Å². The van der Waals surface area contributed by atoms with Gasteiger partial charge in [0.15, 0.2) is 0 Å². The SMILES string of the molecule is C=N/C=C(\C=NCCc1c(CNC)sc(NC(=C)c2cnn(C)c2)c1C#N)c1ccnn1CC(C)C. The van der Waals surface area contributed by atoms with Crippen LogP contribution in [0, 0.1) is 17.2 Å². The molecule has 0 saturated carbocycles. The number of anilines is 1. The van der Waals surface area contributed by atoms with Gasteiger partial charge in [0, 0.05) is 73.2 Å². The van der Waals surface area contributed by atoms with E-state index in [2.05, 4.69) is 64.0 Å². The summed E-state index contributed by atoms with van der Waals surface area (Å²) in [5.74, 6) is 0.462. The third-order valence-electron chi connectivity index (χ3n) is 5.36. The van der Waals surface area contributed by atoms with Crippen LogP contribution < -0.4 is 10.6 Å². The van der Waals surface area contributed by atoms with E-state index in [4.69, 9.17) is 0 Å². The standard InChI is InChI=1S/C26H33N9S/c1-18(2)16-35-24(8-10-31-35)20(12-28-4)13-30-9-7-22-23(11-27)26(36-25(22)15-29-5)33-19(3)21-14-32-34(6)17-21/h8,10,12-14,17-18,29,33H,3-4,7,9,15-16H2,1-2,5-6H3/b20-12+,30-13?. The van der Waals surface area contributed by atoms with Crippen molar-refractivity contribution in [1.82, 2.24) is 24.9 Å². The van der Waals surface area contributed by atoms with Crippen LogP contribution in [-0.4, -0.2) is 46.1 Å². The molecule has 0 spiro atoms. The molecule has 188 valence electrons. The van der Waals surface area contributed by atoms with E-state index in [0.29, 0.717) is 36.7 Å². The molecular formula is C26H33N9S. The molecule has 0 saturated heterocycles. The van der Waals surface area contributed by atoms with Gasteiger partial charge in [-0.05, 0) is 37.7 Å². The quantitative estimate of drug-likeness (QED) is 0.337. The van der Waals surface area contributed by atoms with Gasteiger partial charge in [0.2, 0.25) is 0 Å². The lowest BCUT2D eigenvalue weighted by molar-refractivity contribution is 0.480. The molecule has 0 aliphatic heterocycles. The lowest BCUT2D eigenvalue weighted by Crippen LogP contribution is -2.10. The second-order valence-corrected chi connectivity index (χ2v) is 9.81. The molecule has 9 nitrogen and oxygen atoms in total. The van der Waals surface area contributed by atoms with Crippen LogP contribution in [0.15, 0.2) is 47.4 Å². The van der Waals surface area contributed by atoms with E-state index in [0.717, 1.165) is 38.8 Å². The molecule has 2 N–H and O–H groups in total. The molecule has 0 aliphatic carbocycles. The summed E-state index contributed by atoms with van der Waals surface area (Å²) in [4.78, 5) is 9.72. The van der Waals surface area contributed by atoms with Gasteiger partial charge < -0.3 is 10.6 Å². The molecule has 3 heterocycles. The molecular weight excluding hydrogens is 470 g/mol. The second-order valence-electron chi connectivity index (χ2n) is 8.70. The van der Waals surface area contributed by atoms with Gasteiger partial charge in [0.25, 0.3) is 0 Å². The number of aliphatic imine (C=N–C) groups is 2. The molecule has 0 amide bonds. The minimum atomic E-state index is 0.462. The summed E-state index contributed by atoms with van der Waals surface area (Å²) in [6, 6.07) is 4.34. The number of rotatable bonds is 13. The van der Waals surface area contributed by atoms with Crippen molar-refractivity contribution in [3.05, 3.63) is 64.7 Å².